The Morgan fingerprint density at radius 1 is 1.22 bits per heavy atom. The van der Waals surface area contributed by atoms with Gasteiger partial charge in [-0.1, -0.05) is 11.6 Å². The number of carbonyl (C=O) groups is 1. The number of nitrogens with zero attached hydrogens (tertiary/aromatic N) is 1. The highest BCUT2D eigenvalue weighted by Crippen LogP contribution is 2.27. The second-order valence-corrected chi connectivity index (χ2v) is 5.30. The van der Waals surface area contributed by atoms with Gasteiger partial charge in [0.15, 0.2) is 0 Å². The Hall–Kier alpha value is -2.71. The van der Waals surface area contributed by atoms with Gasteiger partial charge >= 0.3 is 0 Å². The maximum Gasteiger partial charge on any atom is 0.246 e. The fraction of sp³-hybridized carbons (Fsp3) is 0.176. The van der Waals surface area contributed by atoms with Crippen molar-refractivity contribution in [3.8, 4) is 11.8 Å². The number of hydrogen-bond acceptors (Lipinski definition) is 4. The molecule has 1 atom stereocenters. The third-order valence-electron chi connectivity index (χ3n) is 3.21. The molecule has 1 amide bonds. The highest BCUT2D eigenvalue weighted by atomic mass is 35.5. The number of benzene rings is 2. The molecule has 0 aromatic heterocycles. The molecule has 2 aromatic carbocycles. The summed E-state index contributed by atoms with van der Waals surface area (Å²) in [5, 5.41) is 15.1. The summed E-state index contributed by atoms with van der Waals surface area (Å²) in [5.74, 6) is 0.383. The Labute approximate surface area is 139 Å². The van der Waals surface area contributed by atoms with Crippen LogP contribution < -0.4 is 15.4 Å². The average molecular weight is 330 g/mol. The number of anilines is 2. The lowest BCUT2D eigenvalue weighted by Crippen LogP contribution is -2.31. The average Bonchev–Trinajstić information content (AvgIpc) is 2.55. The molecule has 0 radical (unpaired) electrons. The normalized spacial score (nSPS) is 11.2. The molecule has 0 fully saturated rings. The van der Waals surface area contributed by atoms with E-state index >= 15 is 0 Å². The molecule has 0 aliphatic carbocycles. The SMILES string of the molecule is COc1ccc(N[C@@H](C)C(=O)Nc2ccc(C#N)cc2)cc1Cl. The van der Waals surface area contributed by atoms with Crippen molar-refractivity contribution in [3.05, 3.63) is 53.1 Å². The molecule has 0 unspecified atom stereocenters. The van der Waals surface area contributed by atoms with Gasteiger partial charge in [-0.25, -0.2) is 0 Å². The van der Waals surface area contributed by atoms with Gasteiger partial charge in [-0.3, -0.25) is 4.79 Å². The van der Waals surface area contributed by atoms with E-state index in [0.29, 0.717) is 22.0 Å². The van der Waals surface area contributed by atoms with E-state index < -0.39 is 6.04 Å². The van der Waals surface area contributed by atoms with Crippen LogP contribution in [0.5, 0.6) is 5.75 Å². The first-order chi connectivity index (χ1) is 11.0. The Morgan fingerprint density at radius 2 is 1.87 bits per heavy atom. The van der Waals surface area contributed by atoms with Crippen LogP contribution in [0.4, 0.5) is 11.4 Å². The summed E-state index contributed by atoms with van der Waals surface area (Å²) in [4.78, 5) is 12.2. The zero-order valence-corrected chi connectivity index (χ0v) is 13.5. The lowest BCUT2D eigenvalue weighted by Gasteiger charge is -2.16. The van der Waals surface area contributed by atoms with Crippen LogP contribution in [-0.2, 0) is 4.79 Å². The first-order valence-corrected chi connectivity index (χ1v) is 7.32. The van der Waals surface area contributed by atoms with Crippen molar-refractivity contribution in [2.24, 2.45) is 0 Å². The molecule has 2 N–H and O–H groups in total. The van der Waals surface area contributed by atoms with Gasteiger partial charge < -0.3 is 15.4 Å². The van der Waals surface area contributed by atoms with Crippen molar-refractivity contribution >= 4 is 28.9 Å². The molecular weight excluding hydrogens is 314 g/mol. The van der Waals surface area contributed by atoms with Gasteiger partial charge in [0, 0.05) is 11.4 Å². The highest BCUT2D eigenvalue weighted by Gasteiger charge is 2.13. The second kappa shape index (κ2) is 7.52. The highest BCUT2D eigenvalue weighted by molar-refractivity contribution is 6.32. The Bertz CT molecular complexity index is 738. The van der Waals surface area contributed by atoms with Gasteiger partial charge in [0.2, 0.25) is 5.91 Å². The second-order valence-electron chi connectivity index (χ2n) is 4.89. The number of nitrogens with one attached hydrogen (secondary N) is 2. The topological polar surface area (TPSA) is 74.2 Å². The number of methoxy groups -OCH3 is 1. The Balaban J connectivity index is 1.99. The summed E-state index contributed by atoms with van der Waals surface area (Å²) in [6.07, 6.45) is 0. The number of halogens is 1. The summed E-state index contributed by atoms with van der Waals surface area (Å²) in [7, 11) is 1.54. The smallest absolute Gasteiger partial charge is 0.246 e. The number of nitriles is 1. The molecule has 0 saturated heterocycles. The van der Waals surface area contributed by atoms with Crippen LogP contribution in [0.25, 0.3) is 0 Å². The molecule has 2 rings (SSSR count). The van der Waals surface area contributed by atoms with Crippen molar-refractivity contribution in [2.45, 2.75) is 13.0 Å². The largest absolute Gasteiger partial charge is 0.495 e. The van der Waals surface area contributed by atoms with E-state index in [2.05, 4.69) is 10.6 Å². The van der Waals surface area contributed by atoms with Crippen LogP contribution in [0.15, 0.2) is 42.5 Å². The number of rotatable bonds is 5. The molecule has 6 heteroatoms. The predicted octanol–water partition coefficient (Wildman–Crippen LogP) is 3.66. The van der Waals surface area contributed by atoms with Crippen molar-refractivity contribution in [1.29, 1.82) is 5.26 Å². The summed E-state index contributed by atoms with van der Waals surface area (Å²) < 4.78 is 5.09. The molecule has 0 spiro atoms. The minimum absolute atomic E-state index is 0.193. The van der Waals surface area contributed by atoms with Crippen molar-refractivity contribution < 1.29 is 9.53 Å². The molecule has 5 nitrogen and oxygen atoms in total. The number of hydrogen-bond donors (Lipinski definition) is 2. The minimum atomic E-state index is -0.463. The molecule has 0 heterocycles. The lowest BCUT2D eigenvalue weighted by atomic mass is 10.2. The number of ether oxygens (including phenoxy) is 1. The monoisotopic (exact) mass is 329 g/mol. The van der Waals surface area contributed by atoms with Gasteiger partial charge in [0.05, 0.1) is 23.8 Å². The van der Waals surface area contributed by atoms with Crippen molar-refractivity contribution in [3.63, 3.8) is 0 Å². The van der Waals surface area contributed by atoms with E-state index in [4.69, 9.17) is 21.6 Å². The van der Waals surface area contributed by atoms with E-state index in [1.165, 1.54) is 0 Å². The van der Waals surface area contributed by atoms with Gasteiger partial charge in [0.1, 0.15) is 11.8 Å². The molecule has 23 heavy (non-hydrogen) atoms. The third kappa shape index (κ3) is 4.38. The maximum absolute atomic E-state index is 12.2. The fourth-order valence-electron chi connectivity index (χ4n) is 1.95. The number of amides is 1. The van der Waals surface area contributed by atoms with E-state index in [0.717, 1.165) is 5.69 Å². The third-order valence-corrected chi connectivity index (χ3v) is 3.51. The number of carbonyl (C=O) groups excluding carboxylic acids is 1. The van der Waals surface area contributed by atoms with E-state index in [1.807, 2.05) is 6.07 Å². The van der Waals surface area contributed by atoms with E-state index in [1.54, 1.807) is 56.5 Å². The maximum atomic E-state index is 12.2. The van der Waals surface area contributed by atoms with Crippen LogP contribution in [0.2, 0.25) is 5.02 Å². The van der Waals surface area contributed by atoms with Crippen molar-refractivity contribution in [2.75, 3.05) is 17.7 Å². The van der Waals surface area contributed by atoms with Gasteiger partial charge in [-0.05, 0) is 49.4 Å². The standard InChI is InChI=1S/C17H16ClN3O2/c1-11(20-14-7-8-16(23-2)15(18)9-14)17(22)21-13-5-3-12(10-19)4-6-13/h3-9,11,20H,1-2H3,(H,21,22)/t11-/m0/s1. The van der Waals surface area contributed by atoms with Gasteiger partial charge in [0.25, 0.3) is 0 Å². The molecule has 118 valence electrons. The molecule has 2 aromatic rings. The molecule has 0 bridgehead atoms. The quantitative estimate of drug-likeness (QED) is 0.878. The fourth-order valence-corrected chi connectivity index (χ4v) is 2.21. The van der Waals surface area contributed by atoms with Crippen LogP contribution in [-0.4, -0.2) is 19.1 Å². The minimum Gasteiger partial charge on any atom is -0.495 e. The molecule has 0 aliphatic heterocycles. The molecule has 0 saturated carbocycles. The van der Waals surface area contributed by atoms with Crippen LogP contribution in [0.3, 0.4) is 0 Å². The van der Waals surface area contributed by atoms with Crippen LogP contribution in [0, 0.1) is 11.3 Å². The molecular formula is C17H16ClN3O2. The Morgan fingerprint density at radius 3 is 2.43 bits per heavy atom. The predicted molar refractivity (Wildman–Crippen MR) is 90.9 cm³/mol. The summed E-state index contributed by atoms with van der Waals surface area (Å²) >= 11 is 6.06. The van der Waals surface area contributed by atoms with Crippen molar-refractivity contribution in [1.82, 2.24) is 0 Å². The molecule has 0 aliphatic rings. The first-order valence-electron chi connectivity index (χ1n) is 6.94. The first kappa shape index (κ1) is 16.7. The van der Waals surface area contributed by atoms with Gasteiger partial charge in [-0.2, -0.15) is 5.26 Å². The summed E-state index contributed by atoms with van der Waals surface area (Å²) in [5.41, 5.74) is 1.90. The Kier molecular flexibility index (Phi) is 5.45. The van der Waals surface area contributed by atoms with Crippen LogP contribution in [0.1, 0.15) is 12.5 Å². The lowest BCUT2D eigenvalue weighted by molar-refractivity contribution is -0.116. The zero-order chi connectivity index (χ0) is 16.8. The van der Waals surface area contributed by atoms with Gasteiger partial charge in [-0.15, -0.1) is 0 Å². The zero-order valence-electron chi connectivity index (χ0n) is 12.8. The summed E-state index contributed by atoms with van der Waals surface area (Å²) in [6.45, 7) is 1.75. The van der Waals surface area contributed by atoms with E-state index in [-0.39, 0.29) is 5.91 Å². The summed E-state index contributed by atoms with van der Waals surface area (Å²) in [6, 6.07) is 13.5. The van der Waals surface area contributed by atoms with E-state index in [9.17, 15) is 4.79 Å². The van der Waals surface area contributed by atoms with Crippen LogP contribution >= 0.6 is 11.6 Å².